The molecule has 0 unspecified atom stereocenters. The number of ether oxygens (including phenoxy) is 1. The van der Waals surface area contributed by atoms with Crippen LogP contribution in [-0.4, -0.2) is 22.5 Å². The molecule has 0 aliphatic rings. The van der Waals surface area contributed by atoms with Gasteiger partial charge < -0.3 is 4.74 Å². The van der Waals surface area contributed by atoms with Gasteiger partial charge >= 0.3 is 5.97 Å². The van der Waals surface area contributed by atoms with E-state index in [1.165, 1.54) is 6.33 Å². The van der Waals surface area contributed by atoms with Gasteiger partial charge in [-0.2, -0.15) is 0 Å². The van der Waals surface area contributed by atoms with E-state index >= 15 is 0 Å². The maximum atomic E-state index is 11.0. The fourth-order valence-corrected chi connectivity index (χ4v) is 1.33. The Kier molecular flexibility index (Phi) is 4.52. The fraction of sp³-hybridized carbons (Fsp3) is 0.444. The molecule has 1 aromatic heterocycles. The number of aryl methyl sites for hydroxylation is 1. The van der Waals surface area contributed by atoms with Gasteiger partial charge in [0.25, 0.3) is 0 Å². The van der Waals surface area contributed by atoms with Crippen molar-refractivity contribution in [2.24, 2.45) is 0 Å². The number of halogens is 1. The number of carbonyl (C=O) groups is 1. The van der Waals surface area contributed by atoms with Crippen LogP contribution in [0, 0.1) is 0 Å². The van der Waals surface area contributed by atoms with Crippen molar-refractivity contribution in [3.8, 4) is 0 Å². The lowest BCUT2D eigenvalue weighted by Gasteiger charge is -2.01. The van der Waals surface area contributed by atoms with Crippen LogP contribution in [0.2, 0.25) is 0 Å². The van der Waals surface area contributed by atoms with E-state index in [4.69, 9.17) is 4.74 Å². The van der Waals surface area contributed by atoms with Gasteiger partial charge in [-0.1, -0.05) is 0 Å². The van der Waals surface area contributed by atoms with Crippen molar-refractivity contribution in [1.29, 1.82) is 0 Å². The van der Waals surface area contributed by atoms with Crippen molar-refractivity contribution >= 4 is 21.9 Å². The molecule has 14 heavy (non-hydrogen) atoms. The van der Waals surface area contributed by atoms with Crippen molar-refractivity contribution in [2.45, 2.75) is 19.8 Å². The van der Waals surface area contributed by atoms with Gasteiger partial charge in [0.05, 0.1) is 13.0 Å². The Morgan fingerprint density at radius 3 is 3.00 bits per heavy atom. The van der Waals surface area contributed by atoms with E-state index in [0.717, 1.165) is 10.3 Å². The molecule has 0 atom stereocenters. The number of rotatable bonds is 4. The summed E-state index contributed by atoms with van der Waals surface area (Å²) in [5.41, 5.74) is 0.833. The summed E-state index contributed by atoms with van der Waals surface area (Å²) in [5.74, 6) is -0.192. The molecule has 0 N–H and O–H groups in total. The van der Waals surface area contributed by atoms with Gasteiger partial charge in [-0.05, 0) is 28.9 Å². The van der Waals surface area contributed by atoms with Crippen LogP contribution in [0.4, 0.5) is 0 Å². The third-order valence-corrected chi connectivity index (χ3v) is 2.01. The number of esters is 1. The summed E-state index contributed by atoms with van der Waals surface area (Å²) in [7, 11) is 0. The summed E-state index contributed by atoms with van der Waals surface area (Å²) in [6.07, 6.45) is 2.40. The van der Waals surface area contributed by atoms with Crippen LogP contribution in [0.15, 0.2) is 17.0 Å². The molecule has 0 amide bonds. The van der Waals surface area contributed by atoms with Gasteiger partial charge in [-0.25, -0.2) is 9.97 Å². The maximum Gasteiger partial charge on any atom is 0.306 e. The fourth-order valence-electron chi connectivity index (χ4n) is 0.970. The molecule has 1 rings (SSSR count). The second kappa shape index (κ2) is 5.70. The lowest BCUT2D eigenvalue weighted by molar-refractivity contribution is -0.143. The highest BCUT2D eigenvalue weighted by Crippen LogP contribution is 2.07. The zero-order chi connectivity index (χ0) is 10.4. The van der Waals surface area contributed by atoms with Crippen molar-refractivity contribution in [3.63, 3.8) is 0 Å². The van der Waals surface area contributed by atoms with E-state index in [9.17, 15) is 4.79 Å². The van der Waals surface area contributed by atoms with Crippen LogP contribution in [0.1, 0.15) is 19.0 Å². The second-order valence-electron chi connectivity index (χ2n) is 2.64. The van der Waals surface area contributed by atoms with Gasteiger partial charge in [-0.15, -0.1) is 0 Å². The first kappa shape index (κ1) is 11.1. The third kappa shape index (κ3) is 3.83. The predicted octanol–water partition coefficient (Wildman–Crippen LogP) is 1.73. The number of hydrogen-bond donors (Lipinski definition) is 0. The Bertz CT molecular complexity index is 317. The summed E-state index contributed by atoms with van der Waals surface area (Å²) >= 11 is 3.23. The molecule has 1 heterocycles. The molecular formula is C9H11BrN2O2. The molecule has 0 saturated heterocycles. The first-order chi connectivity index (χ1) is 6.72. The van der Waals surface area contributed by atoms with E-state index in [1.54, 1.807) is 13.0 Å². The summed E-state index contributed by atoms with van der Waals surface area (Å²) in [6, 6.07) is 1.79. The molecular weight excluding hydrogens is 248 g/mol. The average Bonchev–Trinajstić information content (AvgIpc) is 2.15. The normalized spacial score (nSPS) is 9.86. The molecule has 0 aliphatic carbocycles. The van der Waals surface area contributed by atoms with Crippen molar-refractivity contribution in [2.75, 3.05) is 6.61 Å². The quantitative estimate of drug-likeness (QED) is 0.610. The summed E-state index contributed by atoms with van der Waals surface area (Å²) in [5, 5.41) is 0. The molecule has 0 fully saturated rings. The molecule has 4 nitrogen and oxygen atoms in total. The number of carbonyl (C=O) groups excluding carboxylic acids is 1. The number of nitrogens with zero attached hydrogens (tertiary/aromatic N) is 2. The summed E-state index contributed by atoms with van der Waals surface area (Å²) in [4.78, 5) is 18.9. The number of aromatic nitrogens is 2. The zero-order valence-electron chi connectivity index (χ0n) is 7.86. The van der Waals surface area contributed by atoms with E-state index in [0.29, 0.717) is 19.4 Å². The van der Waals surface area contributed by atoms with Crippen LogP contribution in [0.5, 0.6) is 0 Å². The first-order valence-electron chi connectivity index (χ1n) is 4.34. The topological polar surface area (TPSA) is 52.1 Å². The Hall–Kier alpha value is -0.970. The summed E-state index contributed by atoms with van der Waals surface area (Å²) in [6.45, 7) is 2.21. The largest absolute Gasteiger partial charge is 0.466 e. The molecule has 0 radical (unpaired) electrons. The highest BCUT2D eigenvalue weighted by molar-refractivity contribution is 9.10. The highest BCUT2D eigenvalue weighted by atomic mass is 79.9. The van der Waals surface area contributed by atoms with Gasteiger partial charge in [0.2, 0.25) is 0 Å². The van der Waals surface area contributed by atoms with E-state index in [2.05, 4.69) is 25.9 Å². The maximum absolute atomic E-state index is 11.0. The second-order valence-corrected chi connectivity index (χ2v) is 3.45. The molecule has 0 bridgehead atoms. The minimum Gasteiger partial charge on any atom is -0.466 e. The molecule has 76 valence electrons. The van der Waals surface area contributed by atoms with Crippen LogP contribution >= 0.6 is 15.9 Å². The molecule has 0 saturated carbocycles. The van der Waals surface area contributed by atoms with Gasteiger partial charge in [0.15, 0.2) is 0 Å². The lowest BCUT2D eigenvalue weighted by Crippen LogP contribution is -2.05. The predicted molar refractivity (Wildman–Crippen MR) is 54.7 cm³/mol. The molecule has 1 aromatic rings. The lowest BCUT2D eigenvalue weighted by atomic mass is 10.2. The van der Waals surface area contributed by atoms with Crippen LogP contribution < -0.4 is 0 Å². The Morgan fingerprint density at radius 2 is 2.36 bits per heavy atom. The zero-order valence-corrected chi connectivity index (χ0v) is 9.45. The Balaban J connectivity index is 2.41. The highest BCUT2D eigenvalue weighted by Gasteiger charge is 2.03. The first-order valence-corrected chi connectivity index (χ1v) is 5.13. The van der Waals surface area contributed by atoms with E-state index in [-0.39, 0.29) is 5.97 Å². The Morgan fingerprint density at radius 1 is 1.57 bits per heavy atom. The summed E-state index contributed by atoms with van der Waals surface area (Å²) < 4.78 is 5.53. The van der Waals surface area contributed by atoms with Gasteiger partial charge in [0, 0.05) is 12.1 Å². The minimum atomic E-state index is -0.192. The average molecular weight is 259 g/mol. The molecule has 0 aromatic carbocycles. The van der Waals surface area contributed by atoms with Gasteiger partial charge in [0.1, 0.15) is 10.9 Å². The van der Waals surface area contributed by atoms with Gasteiger partial charge in [-0.3, -0.25) is 4.79 Å². The monoisotopic (exact) mass is 258 g/mol. The van der Waals surface area contributed by atoms with Crippen molar-refractivity contribution in [1.82, 2.24) is 9.97 Å². The SMILES string of the molecule is CCOC(=O)CCc1cc(Br)ncn1. The van der Waals surface area contributed by atoms with Crippen LogP contribution in [-0.2, 0) is 16.0 Å². The standard InChI is InChI=1S/C9H11BrN2O2/c1-2-14-9(13)4-3-7-5-8(10)12-6-11-7/h5-6H,2-4H2,1H3. The number of hydrogen-bond acceptors (Lipinski definition) is 4. The molecule has 0 aliphatic heterocycles. The van der Waals surface area contributed by atoms with Crippen molar-refractivity contribution < 1.29 is 9.53 Å². The third-order valence-electron chi connectivity index (χ3n) is 1.58. The van der Waals surface area contributed by atoms with E-state index < -0.39 is 0 Å². The van der Waals surface area contributed by atoms with Crippen LogP contribution in [0.25, 0.3) is 0 Å². The van der Waals surface area contributed by atoms with E-state index in [1.807, 2.05) is 0 Å². The molecule has 5 heteroatoms. The minimum absolute atomic E-state index is 0.192. The Labute approximate surface area is 90.8 Å². The van der Waals surface area contributed by atoms with Crippen molar-refractivity contribution in [3.05, 3.63) is 22.7 Å². The van der Waals surface area contributed by atoms with Crippen LogP contribution in [0.3, 0.4) is 0 Å². The smallest absolute Gasteiger partial charge is 0.306 e. The molecule has 0 spiro atoms.